The molecule has 0 fully saturated rings. The van der Waals surface area contributed by atoms with E-state index in [4.69, 9.17) is 11.6 Å². The maximum Gasteiger partial charge on any atom is 0.292 e. The van der Waals surface area contributed by atoms with Crippen molar-refractivity contribution in [2.45, 2.75) is 0 Å². The SMILES string of the molecule is Clc1ccc(N/N=C(\N=Nc2nnnn2-c2ccccc2)c2ccccc2)cc1. The van der Waals surface area contributed by atoms with Crippen LogP contribution in [0.3, 0.4) is 0 Å². The van der Waals surface area contributed by atoms with Crippen LogP contribution in [-0.2, 0) is 0 Å². The fourth-order valence-electron chi connectivity index (χ4n) is 2.45. The minimum atomic E-state index is 0.242. The fourth-order valence-corrected chi connectivity index (χ4v) is 2.57. The summed E-state index contributed by atoms with van der Waals surface area (Å²) in [5.41, 5.74) is 5.30. The smallest absolute Gasteiger partial charge is 0.276 e. The van der Waals surface area contributed by atoms with Crippen molar-refractivity contribution in [1.29, 1.82) is 0 Å². The lowest BCUT2D eigenvalue weighted by Gasteiger charge is -2.04. The molecule has 0 aliphatic rings. The average Bonchev–Trinajstić information content (AvgIpc) is 3.25. The number of para-hydroxylation sites is 1. The number of amidine groups is 1. The molecule has 0 aliphatic carbocycles. The minimum absolute atomic E-state index is 0.242. The number of hydrogen-bond donors (Lipinski definition) is 1. The molecule has 0 atom stereocenters. The van der Waals surface area contributed by atoms with E-state index in [-0.39, 0.29) is 5.95 Å². The zero-order valence-electron chi connectivity index (χ0n) is 15.1. The Morgan fingerprint density at radius 3 is 2.28 bits per heavy atom. The molecule has 3 aromatic carbocycles. The third-order valence-electron chi connectivity index (χ3n) is 3.86. The Hall–Kier alpha value is -3.91. The van der Waals surface area contributed by atoms with Crippen molar-refractivity contribution in [2.24, 2.45) is 15.3 Å². The highest BCUT2D eigenvalue weighted by Gasteiger charge is 2.08. The van der Waals surface area contributed by atoms with Gasteiger partial charge in [0.1, 0.15) is 0 Å². The summed E-state index contributed by atoms with van der Waals surface area (Å²) in [7, 11) is 0. The summed E-state index contributed by atoms with van der Waals surface area (Å²) in [6, 6.07) is 26.1. The summed E-state index contributed by atoms with van der Waals surface area (Å²) in [6.07, 6.45) is 0. The summed E-state index contributed by atoms with van der Waals surface area (Å²) < 4.78 is 1.50. The van der Waals surface area contributed by atoms with Crippen LogP contribution >= 0.6 is 11.6 Å². The molecule has 4 aromatic rings. The molecule has 8 nitrogen and oxygen atoms in total. The quantitative estimate of drug-likeness (QED) is 0.223. The molecule has 4 rings (SSSR count). The van der Waals surface area contributed by atoms with E-state index in [1.165, 1.54) is 4.68 Å². The zero-order valence-corrected chi connectivity index (χ0v) is 15.8. The second kappa shape index (κ2) is 8.85. The van der Waals surface area contributed by atoms with E-state index in [1.807, 2.05) is 72.8 Å². The molecule has 9 heteroatoms. The number of nitrogens with zero attached hydrogens (tertiary/aromatic N) is 7. The van der Waals surface area contributed by atoms with Crippen LogP contribution in [0.5, 0.6) is 0 Å². The first kappa shape index (κ1) is 18.5. The summed E-state index contributed by atoms with van der Waals surface area (Å²) in [6.45, 7) is 0. The van der Waals surface area contributed by atoms with Gasteiger partial charge in [0.2, 0.25) is 5.84 Å². The lowest BCUT2D eigenvalue weighted by molar-refractivity contribution is 0.788. The summed E-state index contributed by atoms with van der Waals surface area (Å²) in [5.74, 6) is 0.620. The number of aromatic nitrogens is 4. The largest absolute Gasteiger partial charge is 0.292 e. The number of hydrogen-bond acceptors (Lipinski definition) is 6. The minimum Gasteiger partial charge on any atom is -0.276 e. The van der Waals surface area contributed by atoms with Crippen LogP contribution in [0.1, 0.15) is 5.56 Å². The second-order valence-corrected chi connectivity index (χ2v) is 6.28. The maximum atomic E-state index is 5.92. The van der Waals surface area contributed by atoms with Gasteiger partial charge in [0.05, 0.1) is 11.4 Å². The molecule has 1 N–H and O–H groups in total. The van der Waals surface area contributed by atoms with Crippen LogP contribution in [-0.4, -0.2) is 26.0 Å². The predicted octanol–water partition coefficient (Wildman–Crippen LogP) is 4.87. The molecule has 0 unspecified atom stereocenters. The third kappa shape index (κ3) is 4.69. The van der Waals surface area contributed by atoms with E-state index >= 15 is 0 Å². The van der Waals surface area contributed by atoms with Gasteiger partial charge >= 0.3 is 0 Å². The van der Waals surface area contributed by atoms with E-state index in [1.54, 1.807) is 12.1 Å². The van der Waals surface area contributed by atoms with E-state index in [0.717, 1.165) is 16.9 Å². The Morgan fingerprint density at radius 1 is 0.862 bits per heavy atom. The van der Waals surface area contributed by atoms with Crippen molar-refractivity contribution in [1.82, 2.24) is 20.2 Å². The normalized spacial score (nSPS) is 11.7. The van der Waals surface area contributed by atoms with Crippen molar-refractivity contribution < 1.29 is 0 Å². The van der Waals surface area contributed by atoms with Gasteiger partial charge < -0.3 is 0 Å². The van der Waals surface area contributed by atoms with E-state index < -0.39 is 0 Å². The number of anilines is 1. The Morgan fingerprint density at radius 2 is 1.55 bits per heavy atom. The average molecular weight is 403 g/mol. The number of azo groups is 1. The van der Waals surface area contributed by atoms with Crippen LogP contribution in [0.2, 0.25) is 5.02 Å². The molecule has 0 aliphatic heterocycles. The highest BCUT2D eigenvalue weighted by atomic mass is 35.5. The first-order valence-electron chi connectivity index (χ1n) is 8.70. The summed E-state index contributed by atoms with van der Waals surface area (Å²) >= 11 is 5.92. The van der Waals surface area contributed by atoms with Gasteiger partial charge in [0.15, 0.2) is 0 Å². The number of halogens is 1. The molecule has 0 saturated heterocycles. The van der Waals surface area contributed by atoms with Crippen molar-refractivity contribution >= 4 is 29.1 Å². The van der Waals surface area contributed by atoms with E-state index in [0.29, 0.717) is 10.9 Å². The van der Waals surface area contributed by atoms with Crippen molar-refractivity contribution in [3.05, 3.63) is 95.5 Å². The van der Waals surface area contributed by atoms with Crippen LogP contribution in [0.4, 0.5) is 11.6 Å². The Bertz CT molecular complexity index is 1120. The maximum absolute atomic E-state index is 5.92. The van der Waals surface area contributed by atoms with Crippen molar-refractivity contribution in [3.63, 3.8) is 0 Å². The van der Waals surface area contributed by atoms with Crippen LogP contribution < -0.4 is 5.43 Å². The fraction of sp³-hybridized carbons (Fsp3) is 0. The molecule has 0 amide bonds. The zero-order chi connectivity index (χ0) is 19.9. The van der Waals surface area contributed by atoms with Gasteiger partial charge in [-0.25, -0.2) is 0 Å². The Kier molecular flexibility index (Phi) is 5.63. The molecular formula is C20H15ClN8. The Balaban J connectivity index is 1.64. The second-order valence-electron chi connectivity index (χ2n) is 5.85. The van der Waals surface area contributed by atoms with Crippen LogP contribution in [0.15, 0.2) is 100 Å². The molecule has 0 saturated carbocycles. The van der Waals surface area contributed by atoms with Gasteiger partial charge in [-0.2, -0.15) is 9.78 Å². The first-order valence-corrected chi connectivity index (χ1v) is 9.07. The number of nitrogens with one attached hydrogen (secondary N) is 1. The third-order valence-corrected chi connectivity index (χ3v) is 4.11. The molecule has 0 radical (unpaired) electrons. The summed E-state index contributed by atoms with van der Waals surface area (Å²) in [4.78, 5) is 0. The molecule has 0 bridgehead atoms. The van der Waals surface area contributed by atoms with Gasteiger partial charge in [0.25, 0.3) is 5.95 Å². The van der Waals surface area contributed by atoms with Crippen molar-refractivity contribution in [2.75, 3.05) is 5.43 Å². The molecule has 29 heavy (non-hydrogen) atoms. The Labute approximate surface area is 171 Å². The molecule has 1 heterocycles. The molecule has 0 spiro atoms. The lowest BCUT2D eigenvalue weighted by atomic mass is 10.2. The lowest BCUT2D eigenvalue weighted by Crippen LogP contribution is -2.01. The van der Waals surface area contributed by atoms with Crippen LogP contribution in [0, 0.1) is 0 Å². The topological polar surface area (TPSA) is 92.7 Å². The van der Waals surface area contributed by atoms with Crippen molar-refractivity contribution in [3.8, 4) is 5.69 Å². The highest BCUT2D eigenvalue weighted by molar-refractivity contribution is 6.30. The van der Waals surface area contributed by atoms with E-state index in [2.05, 4.69) is 36.3 Å². The first-order chi connectivity index (χ1) is 14.3. The molecule has 1 aromatic heterocycles. The number of hydrazone groups is 1. The van der Waals surface area contributed by atoms with Gasteiger partial charge in [-0.3, -0.25) is 5.43 Å². The number of benzene rings is 3. The van der Waals surface area contributed by atoms with Gasteiger partial charge in [-0.1, -0.05) is 65.2 Å². The standard InChI is InChI=1S/C20H15ClN8/c21-16-11-13-17(14-12-16)22-23-19(15-7-3-1-4-8-15)24-25-20-26-27-28-29(20)18-9-5-2-6-10-18/h1-14,22H/b23-19-,25-24?. The molecule has 142 valence electrons. The number of tetrazole rings is 1. The molecular weight excluding hydrogens is 388 g/mol. The summed E-state index contributed by atoms with van der Waals surface area (Å²) in [5, 5.41) is 25.1. The predicted molar refractivity (Wildman–Crippen MR) is 112 cm³/mol. The highest BCUT2D eigenvalue weighted by Crippen LogP contribution is 2.16. The van der Waals surface area contributed by atoms with Crippen LogP contribution in [0.25, 0.3) is 5.69 Å². The van der Waals surface area contributed by atoms with Gasteiger partial charge in [0, 0.05) is 10.6 Å². The van der Waals surface area contributed by atoms with Gasteiger partial charge in [-0.15, -0.1) is 10.2 Å². The van der Waals surface area contributed by atoms with E-state index in [9.17, 15) is 0 Å². The monoisotopic (exact) mass is 402 g/mol. The number of rotatable bonds is 5. The van der Waals surface area contributed by atoms with Gasteiger partial charge in [-0.05, 0) is 46.8 Å².